The minimum absolute atomic E-state index is 0.225. The van der Waals surface area contributed by atoms with E-state index in [1.54, 1.807) is 0 Å². The third-order valence-electron chi connectivity index (χ3n) is 3.09. The summed E-state index contributed by atoms with van der Waals surface area (Å²) in [6, 6.07) is 0. The molecule has 1 rings (SSSR count). The fourth-order valence-corrected chi connectivity index (χ4v) is 1.94. The quantitative estimate of drug-likeness (QED) is 0.630. The van der Waals surface area contributed by atoms with E-state index in [-0.39, 0.29) is 5.91 Å². The number of hydrogen-bond donors (Lipinski definition) is 1. The van der Waals surface area contributed by atoms with Crippen molar-refractivity contribution in [2.45, 2.75) is 19.3 Å². The predicted octanol–water partition coefficient (Wildman–Crippen LogP) is 0.167. The average molecular weight is 257 g/mol. The number of likely N-dealkylation sites (N-methyl/N-ethyl adjacent to an activating group) is 1. The van der Waals surface area contributed by atoms with Crippen LogP contribution in [0.4, 0.5) is 0 Å². The minimum atomic E-state index is 0.225. The lowest BCUT2D eigenvalue weighted by molar-refractivity contribution is -0.131. The van der Waals surface area contributed by atoms with Gasteiger partial charge >= 0.3 is 0 Å². The molecule has 0 aliphatic carbocycles. The summed E-state index contributed by atoms with van der Waals surface area (Å²) in [5.41, 5.74) is 0. The molecule has 0 spiro atoms. The zero-order chi connectivity index (χ0) is 13.2. The number of amides is 1. The summed E-state index contributed by atoms with van der Waals surface area (Å²) >= 11 is 0. The Morgan fingerprint density at radius 1 is 1.22 bits per heavy atom. The smallest absolute Gasteiger partial charge is 0.236 e. The van der Waals surface area contributed by atoms with Crippen LogP contribution in [0.15, 0.2) is 0 Å². The fraction of sp³-hybridized carbons (Fsp3) is 0.923. The number of likely N-dealkylation sites (tertiary alicyclic amines) is 1. The molecule has 5 nitrogen and oxygen atoms in total. The van der Waals surface area contributed by atoms with Gasteiger partial charge in [-0.05, 0) is 33.4 Å². The van der Waals surface area contributed by atoms with E-state index in [0.29, 0.717) is 13.2 Å². The van der Waals surface area contributed by atoms with Crippen molar-refractivity contribution in [3.05, 3.63) is 0 Å². The van der Waals surface area contributed by atoms with Crippen molar-refractivity contribution in [3.63, 3.8) is 0 Å². The first-order chi connectivity index (χ1) is 8.70. The SMILES string of the molecule is CN(C)CCOCCNCC(=O)N1CCCCC1. The van der Waals surface area contributed by atoms with E-state index >= 15 is 0 Å². The summed E-state index contributed by atoms with van der Waals surface area (Å²) in [6.07, 6.45) is 3.57. The maximum atomic E-state index is 11.8. The lowest BCUT2D eigenvalue weighted by Crippen LogP contribution is -2.41. The Morgan fingerprint density at radius 3 is 2.61 bits per heavy atom. The molecule has 1 aliphatic rings. The molecule has 0 saturated carbocycles. The van der Waals surface area contributed by atoms with Gasteiger partial charge in [0, 0.05) is 26.2 Å². The molecule has 5 heteroatoms. The van der Waals surface area contributed by atoms with Gasteiger partial charge in [0.05, 0.1) is 19.8 Å². The van der Waals surface area contributed by atoms with Crippen LogP contribution in [0.5, 0.6) is 0 Å². The second-order valence-electron chi connectivity index (χ2n) is 5.03. The number of piperidine rings is 1. The maximum Gasteiger partial charge on any atom is 0.236 e. The van der Waals surface area contributed by atoms with E-state index in [1.807, 2.05) is 19.0 Å². The van der Waals surface area contributed by atoms with Crippen LogP contribution in [-0.4, -0.2) is 75.7 Å². The molecule has 1 N–H and O–H groups in total. The van der Waals surface area contributed by atoms with Gasteiger partial charge in [-0.3, -0.25) is 4.79 Å². The Kier molecular flexibility index (Phi) is 7.96. The fourth-order valence-electron chi connectivity index (χ4n) is 1.94. The molecule has 1 saturated heterocycles. The van der Waals surface area contributed by atoms with E-state index in [0.717, 1.165) is 45.6 Å². The number of ether oxygens (including phenoxy) is 1. The van der Waals surface area contributed by atoms with Crippen LogP contribution in [0, 0.1) is 0 Å². The van der Waals surface area contributed by atoms with Crippen molar-refractivity contribution in [3.8, 4) is 0 Å². The van der Waals surface area contributed by atoms with Crippen LogP contribution in [0.1, 0.15) is 19.3 Å². The van der Waals surface area contributed by atoms with Gasteiger partial charge in [-0.2, -0.15) is 0 Å². The zero-order valence-electron chi connectivity index (χ0n) is 11.8. The van der Waals surface area contributed by atoms with Gasteiger partial charge in [0.15, 0.2) is 0 Å². The van der Waals surface area contributed by atoms with Crippen molar-refractivity contribution in [2.24, 2.45) is 0 Å². The van der Waals surface area contributed by atoms with Crippen LogP contribution < -0.4 is 5.32 Å². The Hall–Kier alpha value is -0.650. The van der Waals surface area contributed by atoms with E-state index < -0.39 is 0 Å². The minimum Gasteiger partial charge on any atom is -0.379 e. The molecule has 1 aliphatic heterocycles. The van der Waals surface area contributed by atoms with E-state index in [1.165, 1.54) is 6.42 Å². The van der Waals surface area contributed by atoms with Crippen molar-refractivity contribution < 1.29 is 9.53 Å². The molecule has 0 aromatic heterocycles. The highest BCUT2D eigenvalue weighted by molar-refractivity contribution is 5.78. The van der Waals surface area contributed by atoms with Crippen LogP contribution >= 0.6 is 0 Å². The lowest BCUT2D eigenvalue weighted by Gasteiger charge is -2.26. The number of nitrogens with one attached hydrogen (secondary N) is 1. The molecular weight excluding hydrogens is 230 g/mol. The molecule has 0 aromatic rings. The number of nitrogens with zero attached hydrogens (tertiary/aromatic N) is 2. The second kappa shape index (κ2) is 9.30. The van der Waals surface area contributed by atoms with Crippen LogP contribution in [0.2, 0.25) is 0 Å². The third kappa shape index (κ3) is 6.93. The van der Waals surface area contributed by atoms with Crippen LogP contribution in [0.3, 0.4) is 0 Å². The molecule has 1 fully saturated rings. The summed E-state index contributed by atoms with van der Waals surface area (Å²) in [6.45, 7) is 5.40. The summed E-state index contributed by atoms with van der Waals surface area (Å²) in [5.74, 6) is 0.225. The molecule has 0 aromatic carbocycles. The molecule has 1 heterocycles. The molecule has 1 amide bonds. The van der Waals surface area contributed by atoms with Gasteiger partial charge in [0.1, 0.15) is 0 Å². The Bertz CT molecular complexity index is 228. The highest BCUT2D eigenvalue weighted by atomic mass is 16.5. The Labute approximate surface area is 110 Å². The summed E-state index contributed by atoms with van der Waals surface area (Å²) in [5, 5.41) is 3.14. The highest BCUT2D eigenvalue weighted by Crippen LogP contribution is 2.07. The number of carbonyl (C=O) groups is 1. The van der Waals surface area contributed by atoms with E-state index in [2.05, 4.69) is 10.2 Å². The monoisotopic (exact) mass is 257 g/mol. The van der Waals surface area contributed by atoms with Crippen molar-refractivity contribution in [1.82, 2.24) is 15.1 Å². The number of carbonyl (C=O) groups excluding carboxylic acids is 1. The van der Waals surface area contributed by atoms with Gasteiger partial charge in [-0.15, -0.1) is 0 Å². The van der Waals surface area contributed by atoms with Gasteiger partial charge in [-0.25, -0.2) is 0 Å². The molecule has 0 unspecified atom stereocenters. The van der Waals surface area contributed by atoms with Crippen molar-refractivity contribution in [1.29, 1.82) is 0 Å². The molecule has 0 atom stereocenters. The van der Waals surface area contributed by atoms with Crippen LogP contribution in [-0.2, 0) is 9.53 Å². The number of rotatable bonds is 8. The molecular formula is C13H27N3O2. The number of hydrogen-bond acceptors (Lipinski definition) is 4. The second-order valence-corrected chi connectivity index (χ2v) is 5.03. The zero-order valence-corrected chi connectivity index (χ0v) is 11.8. The van der Waals surface area contributed by atoms with Gasteiger partial charge in [0.25, 0.3) is 0 Å². The molecule has 106 valence electrons. The van der Waals surface area contributed by atoms with Gasteiger partial charge < -0.3 is 19.9 Å². The van der Waals surface area contributed by atoms with Crippen molar-refractivity contribution >= 4 is 5.91 Å². The predicted molar refractivity (Wildman–Crippen MR) is 72.7 cm³/mol. The Morgan fingerprint density at radius 2 is 1.94 bits per heavy atom. The first kappa shape index (κ1) is 15.4. The van der Waals surface area contributed by atoms with Crippen molar-refractivity contribution in [2.75, 3.05) is 60.0 Å². The first-order valence-electron chi connectivity index (χ1n) is 6.91. The van der Waals surface area contributed by atoms with Gasteiger partial charge in [-0.1, -0.05) is 0 Å². The topological polar surface area (TPSA) is 44.8 Å². The largest absolute Gasteiger partial charge is 0.379 e. The third-order valence-corrected chi connectivity index (χ3v) is 3.09. The van der Waals surface area contributed by atoms with E-state index in [9.17, 15) is 4.79 Å². The highest BCUT2D eigenvalue weighted by Gasteiger charge is 2.15. The Balaban J connectivity index is 1.92. The molecule has 18 heavy (non-hydrogen) atoms. The van der Waals surface area contributed by atoms with Gasteiger partial charge in [0.2, 0.25) is 5.91 Å². The molecule has 0 radical (unpaired) electrons. The average Bonchev–Trinajstić information content (AvgIpc) is 2.38. The standard InChI is InChI=1S/C13H27N3O2/c1-15(2)9-11-18-10-6-14-12-13(17)16-7-4-3-5-8-16/h14H,3-12H2,1-2H3. The normalized spacial score (nSPS) is 16.3. The summed E-state index contributed by atoms with van der Waals surface area (Å²) in [4.78, 5) is 15.8. The van der Waals surface area contributed by atoms with E-state index in [4.69, 9.17) is 4.74 Å². The van der Waals surface area contributed by atoms with Crippen LogP contribution in [0.25, 0.3) is 0 Å². The summed E-state index contributed by atoms with van der Waals surface area (Å²) < 4.78 is 5.44. The molecule has 0 bridgehead atoms. The maximum absolute atomic E-state index is 11.8. The summed E-state index contributed by atoms with van der Waals surface area (Å²) in [7, 11) is 4.05. The lowest BCUT2D eigenvalue weighted by atomic mass is 10.1. The first-order valence-corrected chi connectivity index (χ1v) is 6.91.